The van der Waals surface area contributed by atoms with Crippen LogP contribution in [0, 0.1) is 12.8 Å². The molecule has 9 heteroatoms. The van der Waals surface area contributed by atoms with E-state index in [-0.39, 0.29) is 34.8 Å². The summed E-state index contributed by atoms with van der Waals surface area (Å²) in [5.74, 6) is 0.291. The number of benzene rings is 1. The van der Waals surface area contributed by atoms with Crippen LogP contribution in [0.15, 0.2) is 28.0 Å². The predicted molar refractivity (Wildman–Crippen MR) is 94.2 cm³/mol. The standard InChI is InChI=1S/C14H24N2O4S2.ClH/c1-10(2)7-12(9-15)16-22(19,20)14-8-13(21(4,17)18)6-5-11(14)3;/h5-6,8,10,12,16H,7,9,15H2,1-4H3;1H. The molecule has 0 spiro atoms. The Hall–Kier alpha value is -0.670. The molecule has 3 N–H and O–H groups in total. The molecule has 6 nitrogen and oxygen atoms in total. The highest BCUT2D eigenvalue weighted by Gasteiger charge is 2.23. The van der Waals surface area contributed by atoms with E-state index < -0.39 is 19.9 Å². The molecule has 0 amide bonds. The smallest absolute Gasteiger partial charge is 0.241 e. The lowest BCUT2D eigenvalue weighted by molar-refractivity contribution is 0.465. The molecule has 0 aliphatic heterocycles. The van der Waals surface area contributed by atoms with Crippen molar-refractivity contribution in [3.63, 3.8) is 0 Å². The number of sulfonamides is 1. The molecule has 1 unspecified atom stereocenters. The van der Waals surface area contributed by atoms with Gasteiger partial charge in [-0.1, -0.05) is 19.9 Å². The summed E-state index contributed by atoms with van der Waals surface area (Å²) in [5, 5.41) is 0. The molecule has 0 fully saturated rings. The molecule has 0 aliphatic carbocycles. The van der Waals surface area contributed by atoms with Crippen LogP contribution in [0.5, 0.6) is 0 Å². The Bertz CT molecular complexity index is 731. The number of nitrogens with two attached hydrogens (primary N) is 1. The van der Waals surface area contributed by atoms with Gasteiger partial charge in [0.2, 0.25) is 10.0 Å². The van der Waals surface area contributed by atoms with Gasteiger partial charge in [-0.15, -0.1) is 12.4 Å². The summed E-state index contributed by atoms with van der Waals surface area (Å²) in [7, 11) is -7.30. The third-order valence-corrected chi connectivity index (χ3v) is 6.01. The predicted octanol–water partition coefficient (Wildman–Crippen LogP) is 1.47. The molecule has 1 rings (SSSR count). The van der Waals surface area contributed by atoms with E-state index in [2.05, 4.69) is 4.72 Å². The second kappa shape index (κ2) is 8.43. The van der Waals surface area contributed by atoms with Crippen LogP contribution in [0.25, 0.3) is 0 Å². The highest BCUT2D eigenvalue weighted by atomic mass is 35.5. The molecule has 0 aromatic heterocycles. The summed E-state index contributed by atoms with van der Waals surface area (Å²) in [6.45, 7) is 5.77. The average Bonchev–Trinajstić information content (AvgIpc) is 2.35. The van der Waals surface area contributed by atoms with Crippen molar-refractivity contribution in [3.8, 4) is 0 Å². The van der Waals surface area contributed by atoms with Crippen LogP contribution < -0.4 is 10.5 Å². The monoisotopic (exact) mass is 384 g/mol. The van der Waals surface area contributed by atoms with Crippen molar-refractivity contribution >= 4 is 32.3 Å². The number of hydrogen-bond donors (Lipinski definition) is 2. The first-order valence-electron chi connectivity index (χ1n) is 7.00. The van der Waals surface area contributed by atoms with Gasteiger partial charge in [0, 0.05) is 18.8 Å². The first-order chi connectivity index (χ1) is 9.97. The van der Waals surface area contributed by atoms with Gasteiger partial charge in [-0.3, -0.25) is 0 Å². The van der Waals surface area contributed by atoms with Crippen LogP contribution in [-0.2, 0) is 19.9 Å². The molecule has 1 aromatic carbocycles. The number of halogens is 1. The van der Waals surface area contributed by atoms with Crippen molar-refractivity contribution in [1.29, 1.82) is 0 Å². The van der Waals surface area contributed by atoms with Crippen molar-refractivity contribution in [2.75, 3.05) is 12.8 Å². The van der Waals surface area contributed by atoms with E-state index >= 15 is 0 Å². The number of rotatable bonds is 7. The molecule has 23 heavy (non-hydrogen) atoms. The summed E-state index contributed by atoms with van der Waals surface area (Å²) in [6, 6.07) is 3.70. The van der Waals surface area contributed by atoms with Crippen LogP contribution in [0.4, 0.5) is 0 Å². The minimum absolute atomic E-state index is 0. The van der Waals surface area contributed by atoms with E-state index in [1.165, 1.54) is 18.2 Å². The van der Waals surface area contributed by atoms with Crippen LogP contribution in [-0.4, -0.2) is 35.7 Å². The van der Waals surface area contributed by atoms with Crippen molar-refractivity contribution < 1.29 is 16.8 Å². The van der Waals surface area contributed by atoms with E-state index in [0.29, 0.717) is 17.9 Å². The highest BCUT2D eigenvalue weighted by molar-refractivity contribution is 7.91. The van der Waals surface area contributed by atoms with Crippen LogP contribution in [0.1, 0.15) is 25.8 Å². The Morgan fingerprint density at radius 3 is 2.17 bits per heavy atom. The molecule has 0 radical (unpaired) electrons. The number of sulfone groups is 1. The molecule has 134 valence electrons. The van der Waals surface area contributed by atoms with Crippen molar-refractivity contribution in [1.82, 2.24) is 4.72 Å². The maximum atomic E-state index is 12.5. The lowest BCUT2D eigenvalue weighted by Gasteiger charge is -2.19. The largest absolute Gasteiger partial charge is 0.329 e. The van der Waals surface area contributed by atoms with Crippen LogP contribution in [0.3, 0.4) is 0 Å². The summed E-state index contributed by atoms with van der Waals surface area (Å²) in [6.07, 6.45) is 1.66. The van der Waals surface area contributed by atoms with Gasteiger partial charge in [-0.25, -0.2) is 21.6 Å². The van der Waals surface area contributed by atoms with E-state index in [0.717, 1.165) is 6.26 Å². The quantitative estimate of drug-likeness (QED) is 0.740. The number of aryl methyl sites for hydroxylation is 1. The Morgan fingerprint density at radius 2 is 1.74 bits per heavy atom. The zero-order valence-electron chi connectivity index (χ0n) is 13.7. The fourth-order valence-electron chi connectivity index (χ4n) is 2.14. The normalized spacial score (nSPS) is 13.7. The SMILES string of the molecule is Cc1ccc(S(C)(=O)=O)cc1S(=O)(=O)NC(CN)CC(C)C.Cl. The first kappa shape index (κ1) is 22.3. The van der Waals surface area contributed by atoms with Gasteiger partial charge in [0.1, 0.15) is 0 Å². The Labute approximate surface area is 145 Å². The summed E-state index contributed by atoms with van der Waals surface area (Å²) < 4.78 is 50.8. The lowest BCUT2D eigenvalue weighted by Crippen LogP contribution is -2.41. The molecule has 0 aliphatic rings. The van der Waals surface area contributed by atoms with Gasteiger partial charge >= 0.3 is 0 Å². The Morgan fingerprint density at radius 1 is 1.17 bits per heavy atom. The molecule has 1 aromatic rings. The zero-order valence-corrected chi connectivity index (χ0v) is 16.2. The second-order valence-electron chi connectivity index (χ2n) is 5.88. The molecule has 1 atom stereocenters. The van der Waals surface area contributed by atoms with Crippen molar-refractivity contribution in [2.24, 2.45) is 11.7 Å². The van der Waals surface area contributed by atoms with Crippen molar-refractivity contribution in [3.05, 3.63) is 23.8 Å². The van der Waals surface area contributed by atoms with Crippen LogP contribution >= 0.6 is 12.4 Å². The fraction of sp³-hybridized carbons (Fsp3) is 0.571. The Balaban J connectivity index is 0.00000484. The molecule has 0 saturated heterocycles. The maximum Gasteiger partial charge on any atom is 0.241 e. The first-order valence-corrected chi connectivity index (χ1v) is 10.4. The minimum Gasteiger partial charge on any atom is -0.329 e. The average molecular weight is 385 g/mol. The van der Waals surface area contributed by atoms with E-state index in [1.807, 2.05) is 13.8 Å². The highest BCUT2D eigenvalue weighted by Crippen LogP contribution is 2.21. The van der Waals surface area contributed by atoms with Gasteiger partial charge in [0.15, 0.2) is 9.84 Å². The number of hydrogen-bond acceptors (Lipinski definition) is 5. The van der Waals surface area contributed by atoms with Gasteiger partial charge in [0.25, 0.3) is 0 Å². The zero-order chi connectivity index (χ0) is 17.1. The fourth-order valence-corrected chi connectivity index (χ4v) is 4.40. The summed E-state index contributed by atoms with van der Waals surface area (Å²) >= 11 is 0. The third-order valence-electron chi connectivity index (χ3n) is 3.24. The topological polar surface area (TPSA) is 106 Å². The molecular formula is C14H25ClN2O4S2. The molecule has 0 saturated carbocycles. The van der Waals surface area contributed by atoms with Crippen LogP contribution in [0.2, 0.25) is 0 Å². The molecular weight excluding hydrogens is 360 g/mol. The van der Waals surface area contributed by atoms with Gasteiger partial charge in [0.05, 0.1) is 9.79 Å². The molecule has 0 heterocycles. The number of nitrogens with one attached hydrogen (secondary N) is 1. The summed E-state index contributed by atoms with van der Waals surface area (Å²) in [4.78, 5) is -0.0516. The van der Waals surface area contributed by atoms with E-state index in [9.17, 15) is 16.8 Å². The van der Waals surface area contributed by atoms with Gasteiger partial charge in [-0.05, 0) is 37.0 Å². The van der Waals surface area contributed by atoms with E-state index in [4.69, 9.17) is 5.73 Å². The van der Waals surface area contributed by atoms with E-state index in [1.54, 1.807) is 6.92 Å². The summed E-state index contributed by atoms with van der Waals surface area (Å²) in [5.41, 5.74) is 6.11. The maximum absolute atomic E-state index is 12.5. The Kier molecular flexibility index (Phi) is 8.19. The second-order valence-corrected chi connectivity index (χ2v) is 9.58. The lowest BCUT2D eigenvalue weighted by atomic mass is 10.1. The third kappa shape index (κ3) is 6.39. The minimum atomic E-state index is -3.83. The van der Waals surface area contributed by atoms with Crippen molar-refractivity contribution in [2.45, 2.75) is 43.0 Å². The van der Waals surface area contributed by atoms with Gasteiger partial charge < -0.3 is 5.73 Å². The molecule has 0 bridgehead atoms. The van der Waals surface area contributed by atoms with Gasteiger partial charge in [-0.2, -0.15) is 0 Å².